The third-order valence-corrected chi connectivity index (χ3v) is 7.95. The molecule has 0 spiro atoms. The van der Waals surface area contributed by atoms with E-state index in [1.165, 1.54) is 22.8 Å². The van der Waals surface area contributed by atoms with Crippen molar-refractivity contribution in [3.8, 4) is 22.8 Å². The van der Waals surface area contributed by atoms with Crippen molar-refractivity contribution in [2.24, 2.45) is 0 Å². The van der Waals surface area contributed by atoms with Crippen molar-refractivity contribution in [3.05, 3.63) is 91.3 Å². The number of nitrogens with one attached hydrogen (secondary N) is 1. The zero-order valence-electron chi connectivity index (χ0n) is 21.9. The molecule has 1 N–H and O–H groups in total. The quantitative estimate of drug-likeness (QED) is 0.265. The Morgan fingerprint density at radius 1 is 0.875 bits per heavy atom. The van der Waals surface area contributed by atoms with E-state index in [0.29, 0.717) is 17.3 Å². The first-order valence-electron chi connectivity index (χ1n) is 13.1. The second-order valence-corrected chi connectivity index (χ2v) is 10.9. The van der Waals surface area contributed by atoms with Crippen LogP contribution in [0.3, 0.4) is 0 Å². The standard InChI is InChI=1S/C30H26N8OS/c1-20-13-23(6-8-27(20)39-29-16-28-36-34-19-38(28)18-33-29)35-30-25-15-22(5-7-26(25)31-17-32-30)21-3-2-4-24(14-21)37-9-11-40-12-10-37/h2-8,13-19H,9-12H2,1H3,(H,31,32,35). The van der Waals surface area contributed by atoms with Gasteiger partial charge in [0.2, 0.25) is 5.88 Å². The summed E-state index contributed by atoms with van der Waals surface area (Å²) in [5, 5.41) is 12.4. The van der Waals surface area contributed by atoms with E-state index in [-0.39, 0.29) is 0 Å². The predicted octanol–water partition coefficient (Wildman–Crippen LogP) is 6.13. The topological polar surface area (TPSA) is 93.4 Å². The summed E-state index contributed by atoms with van der Waals surface area (Å²) in [5.74, 6) is 4.28. The van der Waals surface area contributed by atoms with Crippen LogP contribution in [0.15, 0.2) is 85.7 Å². The lowest BCUT2D eigenvalue weighted by Crippen LogP contribution is -2.32. The van der Waals surface area contributed by atoms with Crippen LogP contribution in [-0.4, -0.2) is 54.1 Å². The van der Waals surface area contributed by atoms with Gasteiger partial charge in [0.05, 0.1) is 5.52 Å². The zero-order valence-corrected chi connectivity index (χ0v) is 22.7. The predicted molar refractivity (Wildman–Crippen MR) is 160 cm³/mol. The number of ether oxygens (including phenoxy) is 1. The fourth-order valence-electron chi connectivity index (χ4n) is 4.90. The number of hydrogen-bond donors (Lipinski definition) is 1. The molecule has 198 valence electrons. The normalized spacial score (nSPS) is 13.6. The van der Waals surface area contributed by atoms with Crippen LogP contribution in [0, 0.1) is 6.92 Å². The number of aromatic nitrogens is 6. The number of thioether (sulfide) groups is 1. The number of hydrogen-bond acceptors (Lipinski definition) is 9. The Kier molecular flexibility index (Phi) is 6.37. The van der Waals surface area contributed by atoms with Gasteiger partial charge in [-0.3, -0.25) is 4.40 Å². The maximum atomic E-state index is 6.03. The Balaban J connectivity index is 1.15. The molecule has 0 atom stereocenters. The SMILES string of the molecule is Cc1cc(Nc2ncnc3ccc(-c4cccc(N5CCSCC5)c4)cc23)ccc1Oc1cc2nncn2cn1. The van der Waals surface area contributed by atoms with Crippen LogP contribution >= 0.6 is 11.8 Å². The fraction of sp³-hybridized carbons (Fsp3) is 0.167. The van der Waals surface area contributed by atoms with E-state index in [0.717, 1.165) is 46.6 Å². The van der Waals surface area contributed by atoms with Crippen molar-refractivity contribution in [3.63, 3.8) is 0 Å². The van der Waals surface area contributed by atoms with E-state index in [4.69, 9.17) is 4.74 Å². The Hall–Kier alpha value is -4.70. The first-order chi connectivity index (χ1) is 19.7. The van der Waals surface area contributed by atoms with E-state index in [2.05, 4.69) is 77.8 Å². The van der Waals surface area contributed by atoms with Gasteiger partial charge in [-0.1, -0.05) is 18.2 Å². The minimum atomic E-state index is 0.460. The molecule has 7 rings (SSSR count). The van der Waals surface area contributed by atoms with Crippen LogP contribution in [0.5, 0.6) is 11.6 Å². The summed E-state index contributed by atoms with van der Waals surface area (Å²) in [7, 11) is 0. The van der Waals surface area contributed by atoms with E-state index in [1.807, 2.05) is 36.9 Å². The van der Waals surface area contributed by atoms with Crippen LogP contribution in [0.1, 0.15) is 5.56 Å². The highest BCUT2D eigenvalue weighted by molar-refractivity contribution is 7.99. The monoisotopic (exact) mass is 546 g/mol. The largest absolute Gasteiger partial charge is 0.439 e. The first kappa shape index (κ1) is 24.3. The van der Waals surface area contributed by atoms with Gasteiger partial charge in [-0.05, 0) is 66.1 Å². The van der Waals surface area contributed by atoms with Crippen molar-refractivity contribution >= 4 is 45.5 Å². The first-order valence-corrected chi connectivity index (χ1v) is 14.2. The molecule has 4 heterocycles. The number of nitrogens with zero attached hydrogens (tertiary/aromatic N) is 7. The van der Waals surface area contributed by atoms with E-state index in [9.17, 15) is 0 Å². The van der Waals surface area contributed by atoms with Crippen LogP contribution in [0.4, 0.5) is 17.2 Å². The highest BCUT2D eigenvalue weighted by atomic mass is 32.2. The molecule has 9 nitrogen and oxygen atoms in total. The van der Waals surface area contributed by atoms with Gasteiger partial charge in [-0.15, -0.1) is 10.2 Å². The molecule has 0 unspecified atom stereocenters. The van der Waals surface area contributed by atoms with Gasteiger partial charge in [-0.25, -0.2) is 15.0 Å². The Labute approximate surface area is 235 Å². The van der Waals surface area contributed by atoms with Gasteiger partial charge >= 0.3 is 0 Å². The Morgan fingerprint density at radius 3 is 2.67 bits per heavy atom. The van der Waals surface area contributed by atoms with Gasteiger partial charge in [0.25, 0.3) is 0 Å². The highest BCUT2D eigenvalue weighted by Crippen LogP contribution is 2.32. The molecule has 40 heavy (non-hydrogen) atoms. The number of fused-ring (bicyclic) bond motifs is 2. The average molecular weight is 547 g/mol. The number of rotatable bonds is 6. The highest BCUT2D eigenvalue weighted by Gasteiger charge is 2.13. The zero-order chi connectivity index (χ0) is 26.9. The molecule has 0 saturated carbocycles. The summed E-state index contributed by atoms with van der Waals surface area (Å²) >= 11 is 2.02. The Bertz CT molecular complexity index is 1830. The van der Waals surface area contributed by atoms with Gasteiger partial charge in [0, 0.05) is 47.4 Å². The smallest absolute Gasteiger partial charge is 0.224 e. The maximum Gasteiger partial charge on any atom is 0.224 e. The third-order valence-electron chi connectivity index (χ3n) is 7.01. The number of aryl methyl sites for hydroxylation is 1. The van der Waals surface area contributed by atoms with Gasteiger partial charge in [0.15, 0.2) is 5.65 Å². The molecular formula is C30H26N8OS. The van der Waals surface area contributed by atoms with Crippen molar-refractivity contribution in [1.82, 2.24) is 29.5 Å². The van der Waals surface area contributed by atoms with E-state index < -0.39 is 0 Å². The average Bonchev–Trinajstić information content (AvgIpc) is 3.47. The molecule has 0 aliphatic carbocycles. The summed E-state index contributed by atoms with van der Waals surface area (Å²) in [4.78, 5) is 15.9. The molecule has 6 aromatic rings. The molecule has 3 aromatic heterocycles. The van der Waals surface area contributed by atoms with Crippen LogP contribution in [-0.2, 0) is 0 Å². The second-order valence-electron chi connectivity index (χ2n) is 9.63. The van der Waals surface area contributed by atoms with E-state index >= 15 is 0 Å². The molecule has 0 bridgehead atoms. The lowest BCUT2D eigenvalue weighted by atomic mass is 10.0. The van der Waals surface area contributed by atoms with Crippen molar-refractivity contribution in [2.45, 2.75) is 6.92 Å². The molecule has 1 aliphatic rings. The Morgan fingerprint density at radius 2 is 1.77 bits per heavy atom. The number of anilines is 3. The van der Waals surface area contributed by atoms with Crippen LogP contribution < -0.4 is 15.0 Å². The summed E-state index contributed by atoms with van der Waals surface area (Å²) in [6.07, 6.45) is 4.83. The molecule has 10 heteroatoms. The molecule has 1 saturated heterocycles. The summed E-state index contributed by atoms with van der Waals surface area (Å²) in [6, 6.07) is 22.8. The van der Waals surface area contributed by atoms with Gasteiger partial charge < -0.3 is 15.0 Å². The molecule has 0 amide bonds. The minimum absolute atomic E-state index is 0.460. The summed E-state index contributed by atoms with van der Waals surface area (Å²) in [6.45, 7) is 4.18. The van der Waals surface area contributed by atoms with Crippen molar-refractivity contribution in [2.75, 3.05) is 34.8 Å². The van der Waals surface area contributed by atoms with Crippen molar-refractivity contribution in [1.29, 1.82) is 0 Å². The van der Waals surface area contributed by atoms with Crippen LogP contribution in [0.25, 0.3) is 27.7 Å². The molecular weight excluding hydrogens is 520 g/mol. The lowest BCUT2D eigenvalue weighted by molar-refractivity contribution is 0.458. The maximum absolute atomic E-state index is 6.03. The molecule has 0 radical (unpaired) electrons. The molecule has 1 fully saturated rings. The van der Waals surface area contributed by atoms with Gasteiger partial charge in [0.1, 0.15) is 30.5 Å². The summed E-state index contributed by atoms with van der Waals surface area (Å²) < 4.78 is 7.76. The van der Waals surface area contributed by atoms with Gasteiger partial charge in [-0.2, -0.15) is 11.8 Å². The fourth-order valence-corrected chi connectivity index (χ4v) is 5.80. The second kappa shape index (κ2) is 10.5. The van der Waals surface area contributed by atoms with Crippen molar-refractivity contribution < 1.29 is 4.74 Å². The summed E-state index contributed by atoms with van der Waals surface area (Å²) in [5.41, 5.74) is 7.01. The molecule has 1 aliphatic heterocycles. The number of benzene rings is 3. The van der Waals surface area contributed by atoms with Crippen LogP contribution in [0.2, 0.25) is 0 Å². The third kappa shape index (κ3) is 4.89. The minimum Gasteiger partial charge on any atom is -0.439 e. The molecule has 3 aromatic carbocycles. The van der Waals surface area contributed by atoms with E-state index in [1.54, 1.807) is 29.4 Å². The lowest BCUT2D eigenvalue weighted by Gasteiger charge is -2.28.